The summed E-state index contributed by atoms with van der Waals surface area (Å²) in [4.78, 5) is 20.3. The summed E-state index contributed by atoms with van der Waals surface area (Å²) >= 11 is 0. The van der Waals surface area contributed by atoms with E-state index in [9.17, 15) is 4.79 Å². The van der Waals surface area contributed by atoms with Gasteiger partial charge in [-0.15, -0.1) is 0 Å². The van der Waals surface area contributed by atoms with Crippen molar-refractivity contribution in [3.8, 4) is 0 Å². The van der Waals surface area contributed by atoms with E-state index >= 15 is 0 Å². The molecule has 5 heteroatoms. The van der Waals surface area contributed by atoms with E-state index < -0.39 is 5.97 Å². The number of rotatable bonds is 6. The lowest BCUT2D eigenvalue weighted by atomic mass is 10.3. The number of carboxylic acid groups (broad SMARTS) is 1. The van der Waals surface area contributed by atoms with Gasteiger partial charge in [-0.1, -0.05) is 0 Å². The highest BCUT2D eigenvalue weighted by Gasteiger charge is 2.02. The molecular weight excluding hydrogens is 194 g/mol. The topological polar surface area (TPSA) is 66.3 Å². The average molecular weight is 209 g/mol. The number of aliphatic carboxylic acids is 1. The van der Waals surface area contributed by atoms with Crippen LogP contribution >= 0.6 is 0 Å². The monoisotopic (exact) mass is 209 g/mol. The molecule has 5 nitrogen and oxygen atoms in total. The Hall–Kier alpha value is -1.49. The molecule has 0 aliphatic rings. The van der Waals surface area contributed by atoms with Gasteiger partial charge in [0.05, 0.1) is 5.69 Å². The third-order valence-electron chi connectivity index (χ3n) is 2.01. The molecular formula is C10H15N3O2. The maximum Gasteiger partial charge on any atom is 0.303 e. The minimum absolute atomic E-state index is 0.216. The number of nitrogens with zero attached hydrogens (tertiary/aromatic N) is 3. The summed E-state index contributed by atoms with van der Waals surface area (Å²) < 4.78 is 0. The Bertz CT molecular complexity index is 303. The van der Waals surface area contributed by atoms with Crippen molar-refractivity contribution in [1.82, 2.24) is 14.9 Å². The highest BCUT2D eigenvalue weighted by Crippen LogP contribution is 1.99. The SMILES string of the molecule is CN(CCCC(=O)O)Cc1ccncn1. The van der Waals surface area contributed by atoms with E-state index in [1.807, 2.05) is 18.0 Å². The van der Waals surface area contributed by atoms with Gasteiger partial charge in [-0.2, -0.15) is 0 Å². The van der Waals surface area contributed by atoms with Gasteiger partial charge in [0.15, 0.2) is 0 Å². The predicted molar refractivity (Wildman–Crippen MR) is 55.2 cm³/mol. The number of aromatic nitrogens is 2. The summed E-state index contributed by atoms with van der Waals surface area (Å²) in [6, 6.07) is 1.85. The molecule has 0 saturated heterocycles. The first-order chi connectivity index (χ1) is 7.18. The summed E-state index contributed by atoms with van der Waals surface area (Å²) in [6.07, 6.45) is 4.10. The van der Waals surface area contributed by atoms with Gasteiger partial charge in [-0.05, 0) is 26.1 Å². The molecule has 0 bridgehead atoms. The molecule has 1 rings (SSSR count). The summed E-state index contributed by atoms with van der Waals surface area (Å²) in [5, 5.41) is 8.48. The normalized spacial score (nSPS) is 10.5. The summed E-state index contributed by atoms with van der Waals surface area (Å²) in [5.74, 6) is -0.745. The second kappa shape index (κ2) is 6.08. The van der Waals surface area contributed by atoms with Gasteiger partial charge >= 0.3 is 5.97 Å². The summed E-state index contributed by atoms with van der Waals surface area (Å²) in [6.45, 7) is 1.48. The Kier molecular flexibility index (Phi) is 4.70. The molecule has 0 atom stereocenters. The minimum Gasteiger partial charge on any atom is -0.481 e. The van der Waals surface area contributed by atoms with Crippen molar-refractivity contribution in [2.75, 3.05) is 13.6 Å². The standard InChI is InChI=1S/C10H15N3O2/c1-13(6-2-3-10(14)15)7-9-4-5-11-8-12-9/h4-5,8H,2-3,6-7H2,1H3,(H,14,15). The molecule has 1 heterocycles. The van der Waals surface area contributed by atoms with Gasteiger partial charge in [-0.3, -0.25) is 4.79 Å². The van der Waals surface area contributed by atoms with Gasteiger partial charge in [0.1, 0.15) is 6.33 Å². The molecule has 1 N–H and O–H groups in total. The van der Waals surface area contributed by atoms with Crippen LogP contribution in [0.1, 0.15) is 18.5 Å². The molecule has 15 heavy (non-hydrogen) atoms. The fourth-order valence-corrected chi connectivity index (χ4v) is 1.27. The molecule has 0 unspecified atom stereocenters. The fraction of sp³-hybridized carbons (Fsp3) is 0.500. The van der Waals surface area contributed by atoms with E-state index in [1.54, 1.807) is 6.20 Å². The molecule has 0 aliphatic carbocycles. The van der Waals surface area contributed by atoms with Gasteiger partial charge in [0, 0.05) is 19.2 Å². The minimum atomic E-state index is -0.745. The molecule has 0 amide bonds. The largest absolute Gasteiger partial charge is 0.481 e. The Morgan fingerprint density at radius 2 is 2.40 bits per heavy atom. The first-order valence-corrected chi connectivity index (χ1v) is 4.83. The zero-order valence-corrected chi connectivity index (χ0v) is 8.76. The molecule has 0 aliphatic heterocycles. The fourth-order valence-electron chi connectivity index (χ4n) is 1.27. The summed E-state index contributed by atoms with van der Waals surface area (Å²) in [5.41, 5.74) is 0.947. The Morgan fingerprint density at radius 3 is 3.00 bits per heavy atom. The zero-order chi connectivity index (χ0) is 11.1. The van der Waals surface area contributed by atoms with E-state index in [1.165, 1.54) is 6.33 Å². The lowest BCUT2D eigenvalue weighted by Gasteiger charge is -2.14. The van der Waals surface area contributed by atoms with Crippen molar-refractivity contribution in [3.63, 3.8) is 0 Å². The van der Waals surface area contributed by atoms with Crippen LogP contribution in [0.3, 0.4) is 0 Å². The Balaban J connectivity index is 2.24. The highest BCUT2D eigenvalue weighted by molar-refractivity contribution is 5.66. The van der Waals surface area contributed by atoms with Crippen LogP contribution in [0, 0.1) is 0 Å². The number of hydrogen-bond acceptors (Lipinski definition) is 4. The molecule has 1 aromatic rings. The van der Waals surface area contributed by atoms with E-state index in [0.29, 0.717) is 6.42 Å². The van der Waals surface area contributed by atoms with E-state index in [0.717, 1.165) is 18.8 Å². The third-order valence-corrected chi connectivity index (χ3v) is 2.01. The average Bonchev–Trinajstić information content (AvgIpc) is 2.18. The molecule has 0 fully saturated rings. The van der Waals surface area contributed by atoms with Crippen LogP contribution in [-0.2, 0) is 11.3 Å². The lowest BCUT2D eigenvalue weighted by molar-refractivity contribution is -0.137. The van der Waals surface area contributed by atoms with Crippen LogP contribution in [0.25, 0.3) is 0 Å². The second-order valence-corrected chi connectivity index (χ2v) is 3.44. The van der Waals surface area contributed by atoms with Crippen LogP contribution in [0.2, 0.25) is 0 Å². The van der Waals surface area contributed by atoms with E-state index in [-0.39, 0.29) is 6.42 Å². The molecule has 0 spiro atoms. The van der Waals surface area contributed by atoms with Crippen LogP contribution in [0.15, 0.2) is 18.6 Å². The van der Waals surface area contributed by atoms with E-state index in [4.69, 9.17) is 5.11 Å². The highest BCUT2D eigenvalue weighted by atomic mass is 16.4. The Labute approximate surface area is 88.8 Å². The maximum absolute atomic E-state index is 10.3. The maximum atomic E-state index is 10.3. The molecule has 0 saturated carbocycles. The first kappa shape index (κ1) is 11.6. The van der Waals surface area contributed by atoms with Crippen LogP contribution in [-0.4, -0.2) is 39.5 Å². The molecule has 82 valence electrons. The van der Waals surface area contributed by atoms with Crippen molar-refractivity contribution in [2.45, 2.75) is 19.4 Å². The lowest BCUT2D eigenvalue weighted by Crippen LogP contribution is -2.20. The van der Waals surface area contributed by atoms with Crippen LogP contribution < -0.4 is 0 Å². The van der Waals surface area contributed by atoms with Gasteiger partial charge in [0.25, 0.3) is 0 Å². The van der Waals surface area contributed by atoms with Crippen LogP contribution in [0.4, 0.5) is 0 Å². The number of carboxylic acids is 1. The van der Waals surface area contributed by atoms with Crippen LogP contribution in [0.5, 0.6) is 0 Å². The predicted octanol–water partition coefficient (Wildman–Crippen LogP) is 0.773. The number of hydrogen-bond donors (Lipinski definition) is 1. The molecule has 1 aromatic heterocycles. The van der Waals surface area contributed by atoms with Crippen molar-refractivity contribution >= 4 is 5.97 Å². The van der Waals surface area contributed by atoms with Gasteiger partial charge < -0.3 is 10.0 Å². The van der Waals surface area contributed by atoms with Gasteiger partial charge in [0.2, 0.25) is 0 Å². The molecule has 0 radical (unpaired) electrons. The van der Waals surface area contributed by atoms with Crippen molar-refractivity contribution in [3.05, 3.63) is 24.3 Å². The quantitative estimate of drug-likeness (QED) is 0.749. The number of carbonyl (C=O) groups is 1. The first-order valence-electron chi connectivity index (χ1n) is 4.83. The van der Waals surface area contributed by atoms with Crippen molar-refractivity contribution in [1.29, 1.82) is 0 Å². The van der Waals surface area contributed by atoms with E-state index in [2.05, 4.69) is 9.97 Å². The zero-order valence-electron chi connectivity index (χ0n) is 8.76. The Morgan fingerprint density at radius 1 is 1.60 bits per heavy atom. The van der Waals surface area contributed by atoms with Gasteiger partial charge in [-0.25, -0.2) is 9.97 Å². The van der Waals surface area contributed by atoms with Crippen molar-refractivity contribution < 1.29 is 9.90 Å². The summed E-state index contributed by atoms with van der Waals surface area (Å²) in [7, 11) is 1.95. The third kappa shape index (κ3) is 5.07. The van der Waals surface area contributed by atoms with Crippen molar-refractivity contribution in [2.24, 2.45) is 0 Å². The molecule has 0 aromatic carbocycles. The smallest absolute Gasteiger partial charge is 0.303 e. The second-order valence-electron chi connectivity index (χ2n) is 3.44.